The van der Waals surface area contributed by atoms with E-state index in [1.54, 1.807) is 37.2 Å². The summed E-state index contributed by atoms with van der Waals surface area (Å²) in [5.74, 6) is 0.159. The first-order valence-corrected chi connectivity index (χ1v) is 7.41. The van der Waals surface area contributed by atoms with Crippen LogP contribution < -0.4 is 0 Å². The lowest BCUT2D eigenvalue weighted by Crippen LogP contribution is -1.86. The Labute approximate surface area is 191 Å². The lowest BCUT2D eigenvalue weighted by atomic mass is 10.5. The van der Waals surface area contributed by atoms with Gasteiger partial charge in [0, 0.05) is 37.2 Å². The number of Topliss-reactive ketones (excluding diaryl/α,β-unsaturated/α-hetero) is 1. The molecule has 0 fully saturated rings. The summed E-state index contributed by atoms with van der Waals surface area (Å²) in [6, 6.07) is 17.1. The maximum atomic E-state index is 9.68. The summed E-state index contributed by atoms with van der Waals surface area (Å²) in [7, 11) is 0. The van der Waals surface area contributed by atoms with Crippen molar-refractivity contribution in [3.05, 3.63) is 91.8 Å². The number of rotatable bonds is 1. The van der Waals surface area contributed by atoms with Crippen LogP contribution in [0.15, 0.2) is 91.8 Å². The molecule has 0 amide bonds. The van der Waals surface area contributed by atoms with E-state index in [1.807, 2.05) is 54.6 Å². The fraction of sp³-hybridized carbons (Fsp3) is 0.111. The molecule has 0 aromatic carbocycles. The van der Waals surface area contributed by atoms with Gasteiger partial charge in [-0.15, -0.1) is 62.5 Å². The summed E-state index contributed by atoms with van der Waals surface area (Å²) < 4.78 is 0. The summed E-state index contributed by atoms with van der Waals surface area (Å²) in [4.78, 5) is 21.0. The van der Waals surface area contributed by atoms with Crippen LogP contribution in [0, 0.1) is 0 Å². The van der Waals surface area contributed by atoms with E-state index in [-0.39, 0.29) is 62.6 Å². The molecule has 0 N–H and O–H groups in total. The lowest BCUT2D eigenvalue weighted by Gasteiger charge is -1.70. The number of halogens is 4. The number of hydrogen-bond acceptors (Lipinski definition) is 4. The van der Waals surface area contributed by atoms with E-state index in [1.165, 1.54) is 6.92 Å². The third-order valence-electron chi connectivity index (χ3n) is 1.89. The second kappa shape index (κ2) is 28.6. The smallest absolute Gasteiger partial charge is 0.144 e. The molecule has 3 aromatic heterocycles. The Kier molecular flexibility index (Phi) is 35.8. The molecule has 0 aliphatic rings. The van der Waals surface area contributed by atoms with Gasteiger partial charge in [-0.1, -0.05) is 18.2 Å². The van der Waals surface area contributed by atoms with E-state index in [0.717, 1.165) is 0 Å². The van der Waals surface area contributed by atoms with Crippen molar-refractivity contribution in [3.63, 3.8) is 0 Å². The van der Waals surface area contributed by atoms with E-state index in [9.17, 15) is 4.79 Å². The van der Waals surface area contributed by atoms with Gasteiger partial charge in [0.1, 0.15) is 5.78 Å². The third kappa shape index (κ3) is 30.7. The summed E-state index contributed by atoms with van der Waals surface area (Å²) >= 11 is 4.99. The molecular weight excluding hydrogens is 549 g/mol. The van der Waals surface area contributed by atoms with Crippen molar-refractivity contribution in [1.29, 1.82) is 0 Å². The number of aromatic nitrogens is 3. The Morgan fingerprint density at radius 2 is 0.808 bits per heavy atom. The van der Waals surface area contributed by atoms with Gasteiger partial charge in [0.05, 0.1) is 5.88 Å². The number of hydrogen-bond donors (Lipinski definition) is 0. The van der Waals surface area contributed by atoms with Crippen LogP contribution in [0.1, 0.15) is 6.92 Å². The van der Waals surface area contributed by atoms with Crippen molar-refractivity contribution in [2.75, 3.05) is 5.88 Å². The normalized spacial score (nSPS) is 7.00. The monoisotopic (exact) mass is 569 g/mol. The molecule has 0 atom stereocenters. The number of carbonyl (C=O) groups excluding carboxylic acids is 1. The van der Waals surface area contributed by atoms with Gasteiger partial charge in [0.2, 0.25) is 0 Å². The quantitative estimate of drug-likeness (QED) is 0.347. The number of pyridine rings is 3. The van der Waals surface area contributed by atoms with Gasteiger partial charge >= 0.3 is 0 Å². The molecule has 0 saturated heterocycles. The van der Waals surface area contributed by atoms with Crippen LogP contribution in [0.3, 0.4) is 0 Å². The Morgan fingerprint density at radius 1 is 0.615 bits per heavy atom. The van der Waals surface area contributed by atoms with Gasteiger partial charge in [-0.2, -0.15) is 0 Å². The van der Waals surface area contributed by atoms with Crippen LogP contribution in [0.2, 0.25) is 0 Å². The predicted molar refractivity (Wildman–Crippen MR) is 125 cm³/mol. The van der Waals surface area contributed by atoms with E-state index in [2.05, 4.69) is 15.0 Å². The minimum absolute atomic E-state index is 0. The zero-order valence-corrected chi connectivity index (χ0v) is 20.1. The third-order valence-corrected chi connectivity index (χ3v) is 2.26. The average molecular weight is 573 g/mol. The number of carbonyl (C=O) groups is 1. The van der Waals surface area contributed by atoms with Gasteiger partial charge in [0.25, 0.3) is 0 Å². The molecule has 0 bridgehead atoms. The van der Waals surface area contributed by atoms with Gasteiger partial charge in [-0.25, -0.2) is 0 Å². The molecule has 0 spiro atoms. The average Bonchev–Trinajstić information content (AvgIpc) is 2.67. The highest BCUT2D eigenvalue weighted by Crippen LogP contribution is 1.75. The van der Waals surface area contributed by atoms with Crippen LogP contribution >= 0.6 is 62.5 Å². The lowest BCUT2D eigenvalue weighted by molar-refractivity contribution is -0.114. The highest BCUT2D eigenvalue weighted by molar-refractivity contribution is 8.93. The van der Waals surface area contributed by atoms with Gasteiger partial charge in [-0.05, 0) is 43.3 Å². The Balaban J connectivity index is -0.000000120. The highest BCUT2D eigenvalue weighted by Gasteiger charge is 1.79. The highest BCUT2D eigenvalue weighted by atomic mass is 79.9. The molecule has 8 heteroatoms. The Morgan fingerprint density at radius 3 is 0.846 bits per heavy atom. The van der Waals surface area contributed by atoms with Gasteiger partial charge < -0.3 is 0 Å². The Bertz CT molecular complexity index is 424. The number of ketones is 1. The molecule has 3 heterocycles. The molecule has 3 aromatic rings. The molecule has 0 aliphatic heterocycles. The standard InChI is InChI=1S/3C5H5N.C3H5ClO.3BrH/c3*1-2-4-6-5-3-1;1-3(5)2-4;;;/h3*1-5H;2H2,1H3;3*1H. The molecule has 26 heavy (non-hydrogen) atoms. The van der Waals surface area contributed by atoms with Gasteiger partial charge in [0.15, 0.2) is 0 Å². The molecule has 3 rings (SSSR count). The first-order chi connectivity index (χ1) is 11.3. The van der Waals surface area contributed by atoms with Crippen LogP contribution in [-0.2, 0) is 4.79 Å². The fourth-order valence-electron chi connectivity index (χ4n) is 0.938. The first-order valence-electron chi connectivity index (χ1n) is 6.87. The summed E-state index contributed by atoms with van der Waals surface area (Å²) in [5.41, 5.74) is 0. The minimum atomic E-state index is 0. The topological polar surface area (TPSA) is 55.7 Å². The van der Waals surface area contributed by atoms with Crippen LogP contribution in [-0.4, -0.2) is 26.6 Å². The minimum Gasteiger partial charge on any atom is -0.299 e. The van der Waals surface area contributed by atoms with E-state index in [4.69, 9.17) is 11.6 Å². The maximum Gasteiger partial charge on any atom is 0.144 e. The molecule has 144 valence electrons. The molecule has 0 unspecified atom stereocenters. The largest absolute Gasteiger partial charge is 0.299 e. The number of nitrogens with zero attached hydrogens (tertiary/aromatic N) is 3. The van der Waals surface area contributed by atoms with Crippen LogP contribution in [0.5, 0.6) is 0 Å². The van der Waals surface area contributed by atoms with Gasteiger partial charge in [-0.3, -0.25) is 19.7 Å². The first kappa shape index (κ1) is 32.5. The fourth-order valence-corrected chi connectivity index (χ4v) is 0.938. The van der Waals surface area contributed by atoms with Crippen LogP contribution in [0.4, 0.5) is 0 Å². The molecule has 4 nitrogen and oxygen atoms in total. The number of alkyl halides is 1. The van der Waals surface area contributed by atoms with Crippen molar-refractivity contribution in [2.45, 2.75) is 6.92 Å². The second-order valence-corrected chi connectivity index (χ2v) is 4.18. The maximum absolute atomic E-state index is 9.68. The SMILES string of the molecule is Br.Br.Br.CC(=O)CCl.c1ccncc1.c1ccncc1.c1ccncc1. The summed E-state index contributed by atoms with van der Waals surface area (Å²) in [5, 5.41) is 0. The van der Waals surface area contributed by atoms with E-state index < -0.39 is 0 Å². The predicted octanol–water partition coefficient (Wildman–Crippen LogP) is 5.79. The van der Waals surface area contributed by atoms with Crippen molar-refractivity contribution in [1.82, 2.24) is 15.0 Å². The zero-order chi connectivity index (χ0) is 17.0. The molecule has 0 saturated carbocycles. The summed E-state index contributed by atoms with van der Waals surface area (Å²) in [6.45, 7) is 1.45. The Hall–Kier alpha value is -1.15. The van der Waals surface area contributed by atoms with Crippen LogP contribution in [0.25, 0.3) is 0 Å². The molecule has 0 aliphatic carbocycles. The van der Waals surface area contributed by atoms with Crippen molar-refractivity contribution >= 4 is 68.3 Å². The van der Waals surface area contributed by atoms with E-state index in [0.29, 0.717) is 0 Å². The zero-order valence-electron chi connectivity index (χ0n) is 14.2. The summed E-state index contributed by atoms with van der Waals surface area (Å²) in [6.07, 6.45) is 10.5. The van der Waals surface area contributed by atoms with E-state index >= 15 is 0 Å². The van der Waals surface area contributed by atoms with Crippen molar-refractivity contribution in [3.8, 4) is 0 Å². The second-order valence-electron chi connectivity index (χ2n) is 3.91. The molecular formula is C18H23Br3ClN3O. The molecule has 0 radical (unpaired) electrons. The van der Waals surface area contributed by atoms with Crippen molar-refractivity contribution < 1.29 is 4.79 Å². The van der Waals surface area contributed by atoms with Crippen molar-refractivity contribution in [2.24, 2.45) is 0 Å².